The van der Waals surface area contributed by atoms with Crippen LogP contribution in [0.2, 0.25) is 0 Å². The van der Waals surface area contributed by atoms with Crippen LogP contribution < -0.4 is 5.01 Å². The van der Waals surface area contributed by atoms with Gasteiger partial charge in [-0.05, 0) is 47.0 Å². The van der Waals surface area contributed by atoms with Gasteiger partial charge in [-0.25, -0.2) is 14.4 Å². The molecule has 0 saturated heterocycles. The van der Waals surface area contributed by atoms with Crippen molar-refractivity contribution in [2.75, 3.05) is 5.01 Å². The molecule has 0 aliphatic carbocycles. The standard InChI is InChI=1S/C26H24FN3S2/c1-17(2)14-18-5-7-19(8-6-18)23-16-32-26(28-23)30-24(20-9-11-21(27)12-10-20)15-22(29-30)25-4-3-13-31-25/h3-13,16-17,24H,14-15H2,1-2H3. The highest BCUT2D eigenvalue weighted by atomic mass is 32.1. The monoisotopic (exact) mass is 461 g/mol. The average Bonchev–Trinajstić information content (AvgIpc) is 3.54. The molecule has 3 heterocycles. The Balaban J connectivity index is 1.45. The number of anilines is 1. The van der Waals surface area contributed by atoms with Crippen molar-refractivity contribution in [1.82, 2.24) is 4.98 Å². The van der Waals surface area contributed by atoms with Gasteiger partial charge in [0, 0.05) is 17.4 Å². The Labute approximate surface area is 195 Å². The Bertz CT molecular complexity index is 1210. The number of nitrogens with zero attached hydrogens (tertiary/aromatic N) is 3. The number of hydrazone groups is 1. The molecule has 1 aliphatic rings. The van der Waals surface area contributed by atoms with Crippen LogP contribution >= 0.6 is 22.7 Å². The van der Waals surface area contributed by atoms with E-state index >= 15 is 0 Å². The van der Waals surface area contributed by atoms with Crippen molar-refractivity contribution >= 4 is 33.5 Å². The van der Waals surface area contributed by atoms with Crippen molar-refractivity contribution in [2.24, 2.45) is 11.0 Å². The molecule has 0 radical (unpaired) electrons. The summed E-state index contributed by atoms with van der Waals surface area (Å²) < 4.78 is 13.5. The first-order valence-electron chi connectivity index (χ1n) is 10.8. The third-order valence-electron chi connectivity index (χ3n) is 5.55. The molecule has 0 N–H and O–H groups in total. The van der Waals surface area contributed by atoms with E-state index < -0.39 is 0 Å². The molecule has 162 valence electrons. The summed E-state index contributed by atoms with van der Waals surface area (Å²) in [6, 6.07) is 19.6. The zero-order valence-corrected chi connectivity index (χ0v) is 19.7. The fourth-order valence-corrected chi connectivity index (χ4v) is 5.56. The molecule has 6 heteroatoms. The summed E-state index contributed by atoms with van der Waals surface area (Å²) in [6.45, 7) is 4.47. The van der Waals surface area contributed by atoms with Gasteiger partial charge < -0.3 is 0 Å². The lowest BCUT2D eigenvalue weighted by Gasteiger charge is -2.21. The van der Waals surface area contributed by atoms with Crippen LogP contribution in [0.4, 0.5) is 9.52 Å². The fraction of sp³-hybridized carbons (Fsp3) is 0.231. The number of hydrogen-bond acceptors (Lipinski definition) is 5. The first-order chi connectivity index (χ1) is 15.6. The molecular weight excluding hydrogens is 437 g/mol. The number of rotatable bonds is 6. The summed E-state index contributed by atoms with van der Waals surface area (Å²) in [7, 11) is 0. The number of thiazole rings is 1. The predicted molar refractivity (Wildman–Crippen MR) is 133 cm³/mol. The Morgan fingerprint density at radius 3 is 2.50 bits per heavy atom. The van der Waals surface area contributed by atoms with Gasteiger partial charge in [-0.2, -0.15) is 5.10 Å². The van der Waals surface area contributed by atoms with Crippen molar-refractivity contribution in [2.45, 2.75) is 32.7 Å². The molecule has 32 heavy (non-hydrogen) atoms. The van der Waals surface area contributed by atoms with Gasteiger partial charge in [0.2, 0.25) is 5.13 Å². The van der Waals surface area contributed by atoms with Gasteiger partial charge in [0.25, 0.3) is 0 Å². The zero-order valence-electron chi connectivity index (χ0n) is 18.0. The van der Waals surface area contributed by atoms with Crippen LogP contribution in [-0.2, 0) is 6.42 Å². The van der Waals surface area contributed by atoms with Gasteiger partial charge in [-0.1, -0.05) is 56.3 Å². The lowest BCUT2D eigenvalue weighted by Crippen LogP contribution is -2.18. The van der Waals surface area contributed by atoms with E-state index in [1.165, 1.54) is 17.7 Å². The smallest absolute Gasteiger partial charge is 0.207 e. The molecule has 2 aromatic heterocycles. The van der Waals surface area contributed by atoms with Gasteiger partial charge in [0.1, 0.15) is 5.82 Å². The molecule has 4 aromatic rings. The highest BCUT2D eigenvalue weighted by molar-refractivity contribution is 7.14. The molecular formula is C26H24FN3S2. The topological polar surface area (TPSA) is 28.5 Å². The second-order valence-corrected chi connectivity index (χ2v) is 10.2. The molecule has 0 amide bonds. The summed E-state index contributed by atoms with van der Waals surface area (Å²) in [5, 5.41) is 12.0. The lowest BCUT2D eigenvalue weighted by molar-refractivity contribution is 0.624. The van der Waals surface area contributed by atoms with E-state index in [-0.39, 0.29) is 11.9 Å². The van der Waals surface area contributed by atoms with E-state index in [0.29, 0.717) is 5.92 Å². The molecule has 0 fully saturated rings. The van der Waals surface area contributed by atoms with Crippen LogP contribution in [0.5, 0.6) is 0 Å². The number of hydrogen-bond donors (Lipinski definition) is 0. The van der Waals surface area contributed by atoms with Gasteiger partial charge >= 0.3 is 0 Å². The summed E-state index contributed by atoms with van der Waals surface area (Å²) in [5.74, 6) is 0.413. The van der Waals surface area contributed by atoms with E-state index in [2.05, 4.69) is 54.9 Å². The fourth-order valence-electron chi connectivity index (χ4n) is 4.01. The van der Waals surface area contributed by atoms with Crippen molar-refractivity contribution in [3.8, 4) is 11.3 Å². The maximum absolute atomic E-state index is 13.5. The quantitative estimate of drug-likeness (QED) is 0.296. The Morgan fingerprint density at radius 1 is 1.03 bits per heavy atom. The second-order valence-electron chi connectivity index (χ2n) is 8.45. The largest absolute Gasteiger partial charge is 0.231 e. The van der Waals surface area contributed by atoms with Crippen molar-refractivity contribution < 1.29 is 4.39 Å². The number of aromatic nitrogens is 1. The third kappa shape index (κ3) is 4.38. The van der Waals surface area contributed by atoms with Gasteiger partial charge in [-0.15, -0.1) is 22.7 Å². The molecule has 1 atom stereocenters. The van der Waals surface area contributed by atoms with Crippen molar-refractivity contribution in [3.63, 3.8) is 0 Å². The van der Waals surface area contributed by atoms with E-state index in [1.807, 2.05) is 23.2 Å². The van der Waals surface area contributed by atoms with Crippen molar-refractivity contribution in [1.29, 1.82) is 0 Å². The Kier molecular flexibility index (Phi) is 5.89. The van der Waals surface area contributed by atoms with Gasteiger partial charge in [-0.3, -0.25) is 0 Å². The molecule has 0 bridgehead atoms. The first kappa shape index (κ1) is 21.0. The number of halogens is 1. The summed E-state index contributed by atoms with van der Waals surface area (Å²) in [4.78, 5) is 6.09. The van der Waals surface area contributed by atoms with Crippen LogP contribution in [0.3, 0.4) is 0 Å². The normalized spacial score (nSPS) is 16.1. The minimum absolute atomic E-state index is 0.000109. The summed E-state index contributed by atoms with van der Waals surface area (Å²) >= 11 is 3.28. The van der Waals surface area contributed by atoms with Crippen LogP contribution in [0, 0.1) is 11.7 Å². The SMILES string of the molecule is CC(C)Cc1ccc(-c2csc(N3N=C(c4cccs4)CC3c3ccc(F)cc3)n2)cc1. The molecule has 0 spiro atoms. The number of benzene rings is 2. The van der Waals surface area contributed by atoms with Gasteiger partial charge in [0.05, 0.1) is 22.3 Å². The Hall–Kier alpha value is -2.83. The van der Waals surface area contributed by atoms with E-state index in [0.717, 1.165) is 45.4 Å². The maximum atomic E-state index is 13.5. The number of thiophene rings is 1. The molecule has 1 unspecified atom stereocenters. The van der Waals surface area contributed by atoms with E-state index in [1.54, 1.807) is 22.7 Å². The van der Waals surface area contributed by atoms with Crippen LogP contribution in [0.1, 0.15) is 42.3 Å². The van der Waals surface area contributed by atoms with Gasteiger partial charge in [0.15, 0.2) is 0 Å². The average molecular weight is 462 g/mol. The Morgan fingerprint density at radius 2 is 1.81 bits per heavy atom. The molecule has 3 nitrogen and oxygen atoms in total. The predicted octanol–water partition coefficient (Wildman–Crippen LogP) is 7.56. The van der Waals surface area contributed by atoms with Crippen LogP contribution in [-0.4, -0.2) is 10.7 Å². The van der Waals surface area contributed by atoms with E-state index in [4.69, 9.17) is 10.1 Å². The zero-order chi connectivity index (χ0) is 22.1. The highest BCUT2D eigenvalue weighted by Crippen LogP contribution is 2.40. The second kappa shape index (κ2) is 8.96. The molecule has 0 saturated carbocycles. The third-order valence-corrected chi connectivity index (χ3v) is 7.30. The van der Waals surface area contributed by atoms with Crippen LogP contribution in [0.25, 0.3) is 11.3 Å². The minimum atomic E-state index is -0.227. The highest BCUT2D eigenvalue weighted by Gasteiger charge is 2.32. The summed E-state index contributed by atoms with van der Waals surface area (Å²) in [5.41, 5.74) is 5.50. The molecule has 1 aliphatic heterocycles. The first-order valence-corrected chi connectivity index (χ1v) is 12.5. The maximum Gasteiger partial charge on any atom is 0.207 e. The summed E-state index contributed by atoms with van der Waals surface area (Å²) in [6.07, 6.45) is 1.85. The molecule has 5 rings (SSSR count). The minimum Gasteiger partial charge on any atom is -0.231 e. The lowest BCUT2D eigenvalue weighted by atomic mass is 10.0. The molecule has 2 aromatic carbocycles. The van der Waals surface area contributed by atoms with Crippen molar-refractivity contribution in [3.05, 3.63) is 93.2 Å². The van der Waals surface area contributed by atoms with E-state index in [9.17, 15) is 4.39 Å². The van der Waals surface area contributed by atoms with Crippen LogP contribution in [0.15, 0.2) is 76.5 Å².